The second kappa shape index (κ2) is 4.93. The molecule has 20 heavy (non-hydrogen) atoms. The van der Waals surface area contributed by atoms with Gasteiger partial charge in [-0.1, -0.05) is 11.6 Å². The molecule has 0 bridgehead atoms. The number of halogens is 4. The van der Waals surface area contributed by atoms with Gasteiger partial charge >= 0.3 is 6.18 Å². The van der Waals surface area contributed by atoms with Crippen molar-refractivity contribution in [2.75, 3.05) is 11.4 Å². The third kappa shape index (κ3) is 2.69. The van der Waals surface area contributed by atoms with Crippen molar-refractivity contribution in [1.29, 1.82) is 0 Å². The Morgan fingerprint density at radius 3 is 2.60 bits per heavy atom. The zero-order chi connectivity index (χ0) is 15.1. The first-order chi connectivity index (χ1) is 9.20. The summed E-state index contributed by atoms with van der Waals surface area (Å²) < 4.78 is 37.4. The van der Waals surface area contributed by atoms with E-state index in [2.05, 4.69) is 4.98 Å². The predicted molar refractivity (Wildman–Crippen MR) is 63.9 cm³/mol. The Kier molecular flexibility index (Phi) is 3.59. The SMILES string of the molecule is NC(=O)C1CC(=O)N(c2ncc(C(F)(F)F)cc2Cl)C1. The van der Waals surface area contributed by atoms with Gasteiger partial charge in [0, 0.05) is 19.2 Å². The highest BCUT2D eigenvalue weighted by atomic mass is 35.5. The van der Waals surface area contributed by atoms with E-state index in [-0.39, 0.29) is 23.8 Å². The van der Waals surface area contributed by atoms with E-state index in [1.54, 1.807) is 0 Å². The molecule has 1 atom stereocenters. The van der Waals surface area contributed by atoms with Crippen LogP contribution in [-0.2, 0) is 15.8 Å². The van der Waals surface area contributed by atoms with Crippen LogP contribution in [-0.4, -0.2) is 23.3 Å². The third-order valence-electron chi connectivity index (χ3n) is 2.93. The van der Waals surface area contributed by atoms with Crippen molar-refractivity contribution in [3.8, 4) is 0 Å². The fourth-order valence-electron chi connectivity index (χ4n) is 1.89. The van der Waals surface area contributed by atoms with Crippen LogP contribution >= 0.6 is 11.6 Å². The summed E-state index contributed by atoms with van der Waals surface area (Å²) in [6.45, 7) is -0.0355. The molecule has 2 heterocycles. The van der Waals surface area contributed by atoms with E-state index in [4.69, 9.17) is 17.3 Å². The predicted octanol–water partition coefficient (Wildman–Crippen LogP) is 1.59. The Labute approximate surface area is 116 Å². The lowest BCUT2D eigenvalue weighted by Crippen LogP contribution is -2.29. The maximum atomic E-state index is 12.5. The lowest BCUT2D eigenvalue weighted by atomic mass is 10.1. The van der Waals surface area contributed by atoms with E-state index in [9.17, 15) is 22.8 Å². The molecule has 2 amide bonds. The van der Waals surface area contributed by atoms with E-state index >= 15 is 0 Å². The van der Waals surface area contributed by atoms with Gasteiger partial charge in [-0.2, -0.15) is 13.2 Å². The quantitative estimate of drug-likeness (QED) is 0.901. The highest BCUT2D eigenvalue weighted by molar-refractivity contribution is 6.33. The van der Waals surface area contributed by atoms with Crippen LogP contribution in [0.15, 0.2) is 12.3 Å². The average Bonchev–Trinajstić information content (AvgIpc) is 2.70. The van der Waals surface area contributed by atoms with Gasteiger partial charge in [-0.25, -0.2) is 4.98 Å². The van der Waals surface area contributed by atoms with Crippen molar-refractivity contribution in [3.63, 3.8) is 0 Å². The largest absolute Gasteiger partial charge is 0.417 e. The van der Waals surface area contributed by atoms with Gasteiger partial charge in [0.2, 0.25) is 11.8 Å². The summed E-state index contributed by atoms with van der Waals surface area (Å²) in [4.78, 5) is 27.4. The van der Waals surface area contributed by atoms with Crippen molar-refractivity contribution in [2.24, 2.45) is 11.7 Å². The van der Waals surface area contributed by atoms with Crippen LogP contribution in [0.1, 0.15) is 12.0 Å². The molecule has 0 spiro atoms. The molecule has 1 saturated heterocycles. The number of anilines is 1. The van der Waals surface area contributed by atoms with Gasteiger partial charge in [-0.3, -0.25) is 14.5 Å². The van der Waals surface area contributed by atoms with E-state index < -0.39 is 29.5 Å². The van der Waals surface area contributed by atoms with Crippen molar-refractivity contribution in [1.82, 2.24) is 4.98 Å². The molecule has 0 radical (unpaired) electrons. The van der Waals surface area contributed by atoms with E-state index in [0.29, 0.717) is 12.3 Å². The molecule has 0 aromatic carbocycles. The molecule has 1 aliphatic heterocycles. The lowest BCUT2D eigenvalue weighted by Gasteiger charge is -2.17. The van der Waals surface area contributed by atoms with Crippen LogP contribution in [0.25, 0.3) is 0 Å². The summed E-state index contributed by atoms with van der Waals surface area (Å²) in [5.74, 6) is -1.90. The summed E-state index contributed by atoms with van der Waals surface area (Å²) in [5, 5.41) is -0.307. The number of carbonyl (C=O) groups is 2. The highest BCUT2D eigenvalue weighted by Crippen LogP contribution is 2.35. The van der Waals surface area contributed by atoms with Gasteiger partial charge in [-0.15, -0.1) is 0 Å². The van der Waals surface area contributed by atoms with E-state index in [1.807, 2.05) is 0 Å². The molecular formula is C11H9ClF3N3O2. The number of alkyl halides is 3. The summed E-state index contributed by atoms with van der Waals surface area (Å²) in [6, 6.07) is 0.689. The van der Waals surface area contributed by atoms with E-state index in [0.717, 1.165) is 4.90 Å². The van der Waals surface area contributed by atoms with Crippen LogP contribution in [0, 0.1) is 5.92 Å². The van der Waals surface area contributed by atoms with Crippen LogP contribution < -0.4 is 10.6 Å². The fraction of sp³-hybridized carbons (Fsp3) is 0.364. The number of hydrogen-bond acceptors (Lipinski definition) is 3. The number of primary amides is 1. The normalized spacial score (nSPS) is 19.5. The number of pyridine rings is 1. The molecule has 2 N–H and O–H groups in total. The maximum absolute atomic E-state index is 12.5. The van der Waals surface area contributed by atoms with Crippen molar-refractivity contribution in [2.45, 2.75) is 12.6 Å². The first-order valence-corrected chi connectivity index (χ1v) is 5.90. The maximum Gasteiger partial charge on any atom is 0.417 e. The second-order valence-electron chi connectivity index (χ2n) is 4.33. The zero-order valence-corrected chi connectivity index (χ0v) is 10.7. The third-order valence-corrected chi connectivity index (χ3v) is 3.21. The van der Waals surface area contributed by atoms with Crippen molar-refractivity contribution < 1.29 is 22.8 Å². The Morgan fingerprint density at radius 1 is 1.50 bits per heavy atom. The average molecular weight is 308 g/mol. The standard InChI is InChI=1S/C11H9ClF3N3O2/c12-7-2-6(11(13,14)15)3-17-10(7)18-4-5(9(16)20)1-8(18)19/h2-3,5H,1,4H2,(H2,16,20). The summed E-state index contributed by atoms with van der Waals surface area (Å²) in [5.41, 5.74) is 4.09. The van der Waals surface area contributed by atoms with Crippen molar-refractivity contribution in [3.05, 3.63) is 22.8 Å². The van der Waals surface area contributed by atoms with Gasteiger partial charge < -0.3 is 5.73 Å². The molecule has 2 rings (SSSR count). The molecule has 1 fully saturated rings. The number of carbonyl (C=O) groups excluding carboxylic acids is 2. The first-order valence-electron chi connectivity index (χ1n) is 5.52. The molecule has 1 aromatic rings. The smallest absolute Gasteiger partial charge is 0.369 e. The van der Waals surface area contributed by atoms with E-state index in [1.165, 1.54) is 0 Å². The lowest BCUT2D eigenvalue weighted by molar-refractivity contribution is -0.137. The van der Waals surface area contributed by atoms with Crippen molar-refractivity contribution >= 4 is 29.2 Å². The molecular weight excluding hydrogens is 299 g/mol. The summed E-state index contributed by atoms with van der Waals surface area (Å²) in [7, 11) is 0. The van der Waals surface area contributed by atoms with Crippen LogP contribution in [0.5, 0.6) is 0 Å². The first kappa shape index (κ1) is 14.6. The van der Waals surface area contributed by atoms with Gasteiger partial charge in [0.25, 0.3) is 0 Å². The van der Waals surface area contributed by atoms with Crippen LogP contribution in [0.2, 0.25) is 5.02 Å². The number of rotatable bonds is 2. The summed E-state index contributed by atoms with van der Waals surface area (Å²) >= 11 is 5.74. The minimum Gasteiger partial charge on any atom is -0.369 e. The van der Waals surface area contributed by atoms with Gasteiger partial charge in [0.05, 0.1) is 16.5 Å². The van der Waals surface area contributed by atoms with Crippen LogP contribution in [0.3, 0.4) is 0 Å². The topological polar surface area (TPSA) is 76.3 Å². The Bertz CT molecular complexity index is 577. The minimum atomic E-state index is -4.57. The number of nitrogens with two attached hydrogens (primary N) is 1. The molecule has 1 aromatic heterocycles. The number of nitrogens with zero attached hydrogens (tertiary/aromatic N) is 2. The highest BCUT2D eigenvalue weighted by Gasteiger charge is 2.37. The molecule has 108 valence electrons. The number of amides is 2. The molecule has 1 aliphatic rings. The van der Waals surface area contributed by atoms with Gasteiger partial charge in [-0.05, 0) is 6.07 Å². The second-order valence-corrected chi connectivity index (χ2v) is 4.74. The van der Waals surface area contributed by atoms with Crippen LogP contribution in [0.4, 0.5) is 19.0 Å². The zero-order valence-electron chi connectivity index (χ0n) is 9.95. The van der Waals surface area contributed by atoms with Gasteiger partial charge in [0.1, 0.15) is 0 Å². The molecule has 0 saturated carbocycles. The Hall–Kier alpha value is -1.83. The molecule has 9 heteroatoms. The number of hydrogen-bond donors (Lipinski definition) is 1. The monoisotopic (exact) mass is 307 g/mol. The summed E-state index contributed by atoms with van der Waals surface area (Å²) in [6.07, 6.45) is -4.08. The Balaban J connectivity index is 2.31. The molecule has 0 aliphatic carbocycles. The number of aromatic nitrogens is 1. The fourth-order valence-corrected chi connectivity index (χ4v) is 2.16. The Morgan fingerprint density at radius 2 is 2.15 bits per heavy atom. The minimum absolute atomic E-state index is 0.0355. The molecule has 1 unspecified atom stereocenters. The molecule has 5 nitrogen and oxygen atoms in total. The van der Waals surface area contributed by atoms with Gasteiger partial charge in [0.15, 0.2) is 5.82 Å².